The molecule has 2 saturated carbocycles. The first-order chi connectivity index (χ1) is 10.7. The van der Waals surface area contributed by atoms with E-state index in [-0.39, 0.29) is 11.1 Å². The minimum Gasteiger partial charge on any atom is -0.323 e. The standard InChI is InChI=1S/C15H27O3PS3/c16-19(17,14-11-20-22-21-14)18-15(12-7-3-1-4-8-12)13-9-5-2-6-10-13/h12-15H,1-11H2,(H,16,17). The van der Waals surface area contributed by atoms with Gasteiger partial charge in [-0.15, -0.1) is 0 Å². The molecule has 0 radical (unpaired) electrons. The number of rotatable bonds is 5. The number of hydrogen-bond donors (Lipinski definition) is 1. The van der Waals surface area contributed by atoms with E-state index >= 15 is 0 Å². The van der Waals surface area contributed by atoms with Gasteiger partial charge in [-0.1, -0.05) is 60.1 Å². The Morgan fingerprint density at radius 3 is 1.95 bits per heavy atom. The molecule has 3 fully saturated rings. The fourth-order valence-corrected chi connectivity index (χ4v) is 13.0. The van der Waals surface area contributed by atoms with Gasteiger partial charge in [-0.3, -0.25) is 4.57 Å². The molecule has 128 valence electrons. The summed E-state index contributed by atoms with van der Waals surface area (Å²) in [6.45, 7) is 0. The quantitative estimate of drug-likeness (QED) is 0.459. The van der Waals surface area contributed by atoms with Crippen LogP contribution in [0.4, 0.5) is 0 Å². The maximum absolute atomic E-state index is 12.8. The summed E-state index contributed by atoms with van der Waals surface area (Å²) in [4.78, 5) is 10.3. The predicted octanol–water partition coefficient (Wildman–Crippen LogP) is 6.09. The molecule has 0 aromatic carbocycles. The highest BCUT2D eigenvalue weighted by molar-refractivity contribution is 9.11. The summed E-state index contributed by atoms with van der Waals surface area (Å²) in [6.07, 6.45) is 12.4. The van der Waals surface area contributed by atoms with Crippen LogP contribution >= 0.6 is 39.0 Å². The molecule has 7 heteroatoms. The van der Waals surface area contributed by atoms with Crippen LogP contribution in [0.15, 0.2) is 0 Å². The normalized spacial score (nSPS) is 31.5. The molecule has 0 amide bonds. The van der Waals surface area contributed by atoms with Crippen molar-refractivity contribution in [2.24, 2.45) is 11.8 Å². The lowest BCUT2D eigenvalue weighted by Gasteiger charge is -2.38. The molecule has 3 aliphatic rings. The van der Waals surface area contributed by atoms with E-state index in [0.717, 1.165) is 5.75 Å². The first-order valence-electron chi connectivity index (χ1n) is 8.62. The molecule has 0 aromatic heterocycles. The average molecular weight is 383 g/mol. The molecule has 1 aliphatic heterocycles. The Morgan fingerprint density at radius 2 is 1.50 bits per heavy atom. The topological polar surface area (TPSA) is 46.5 Å². The van der Waals surface area contributed by atoms with E-state index in [1.54, 1.807) is 20.6 Å². The Hall–Kier alpha value is 1.20. The highest BCUT2D eigenvalue weighted by atomic mass is 33.5. The van der Waals surface area contributed by atoms with Crippen LogP contribution < -0.4 is 0 Å². The highest BCUT2D eigenvalue weighted by Crippen LogP contribution is 2.64. The van der Waals surface area contributed by atoms with Gasteiger partial charge in [0.2, 0.25) is 0 Å². The summed E-state index contributed by atoms with van der Waals surface area (Å²) in [6, 6.07) is 0. The van der Waals surface area contributed by atoms with Crippen molar-refractivity contribution < 1.29 is 14.0 Å². The monoisotopic (exact) mass is 382 g/mol. The largest absolute Gasteiger partial charge is 0.343 e. The molecule has 2 atom stereocenters. The zero-order valence-corrected chi connectivity index (χ0v) is 16.4. The van der Waals surface area contributed by atoms with Crippen LogP contribution in [0.2, 0.25) is 0 Å². The summed E-state index contributed by atoms with van der Waals surface area (Å²) >= 11 is 0. The summed E-state index contributed by atoms with van der Waals surface area (Å²) in [7, 11) is 1.32. The molecule has 1 saturated heterocycles. The van der Waals surface area contributed by atoms with Crippen LogP contribution in [0.5, 0.6) is 0 Å². The molecule has 0 bridgehead atoms. The molecule has 0 aromatic rings. The van der Waals surface area contributed by atoms with Crippen LogP contribution in [0.1, 0.15) is 64.2 Å². The Balaban J connectivity index is 1.70. The van der Waals surface area contributed by atoms with Crippen LogP contribution in [0.3, 0.4) is 0 Å². The summed E-state index contributed by atoms with van der Waals surface area (Å²) in [5, 5.41) is 0. The second-order valence-corrected chi connectivity index (χ2v) is 13.5. The molecule has 2 aliphatic carbocycles. The third-order valence-electron chi connectivity index (χ3n) is 5.27. The van der Waals surface area contributed by atoms with Crippen molar-refractivity contribution in [3.05, 3.63) is 0 Å². The summed E-state index contributed by atoms with van der Waals surface area (Å²) < 4.78 is 18.9. The molecular formula is C15H27O3PS3. The highest BCUT2D eigenvalue weighted by Gasteiger charge is 2.43. The molecule has 0 spiro atoms. The van der Waals surface area contributed by atoms with Crippen LogP contribution in [-0.4, -0.2) is 21.7 Å². The van der Waals surface area contributed by atoms with Gasteiger partial charge < -0.3 is 9.42 Å². The molecule has 3 rings (SSSR count). The second-order valence-electron chi connectivity index (χ2n) is 6.83. The van der Waals surface area contributed by atoms with Gasteiger partial charge >= 0.3 is 7.60 Å². The summed E-state index contributed by atoms with van der Waals surface area (Å²) in [5.74, 6) is 1.73. The van der Waals surface area contributed by atoms with E-state index in [1.165, 1.54) is 75.0 Å². The fourth-order valence-electron chi connectivity index (χ4n) is 4.06. The first-order valence-corrected chi connectivity index (χ1v) is 14.0. The van der Waals surface area contributed by atoms with Gasteiger partial charge in [0.15, 0.2) is 0 Å². The van der Waals surface area contributed by atoms with Crippen molar-refractivity contribution >= 4 is 39.0 Å². The third-order valence-corrected chi connectivity index (χ3v) is 13.0. The molecule has 1 heterocycles. The maximum Gasteiger partial charge on any atom is 0.343 e. The van der Waals surface area contributed by atoms with E-state index in [1.807, 2.05) is 0 Å². The zero-order chi connectivity index (χ0) is 15.4. The van der Waals surface area contributed by atoms with Crippen LogP contribution in [-0.2, 0) is 9.09 Å². The lowest BCUT2D eigenvalue weighted by molar-refractivity contribution is 0.0303. The SMILES string of the molecule is O=P(O)(OC(C1CCCCC1)C1CCCCC1)C1CSSS1. The van der Waals surface area contributed by atoms with E-state index in [9.17, 15) is 9.46 Å². The van der Waals surface area contributed by atoms with E-state index in [0.29, 0.717) is 11.8 Å². The molecular weight excluding hydrogens is 355 g/mol. The fraction of sp³-hybridized carbons (Fsp3) is 1.00. The Labute approximate surface area is 145 Å². The molecule has 3 nitrogen and oxygen atoms in total. The minimum atomic E-state index is -3.51. The lowest BCUT2D eigenvalue weighted by atomic mass is 9.75. The Kier molecular flexibility index (Phi) is 6.98. The van der Waals surface area contributed by atoms with Gasteiger partial charge in [0, 0.05) is 5.75 Å². The van der Waals surface area contributed by atoms with Gasteiger partial charge in [0.05, 0.1) is 6.10 Å². The van der Waals surface area contributed by atoms with Gasteiger partial charge in [0.25, 0.3) is 0 Å². The van der Waals surface area contributed by atoms with Gasteiger partial charge in [-0.05, 0) is 47.3 Å². The Bertz CT molecular complexity index is 373. The van der Waals surface area contributed by atoms with Crippen molar-refractivity contribution in [3.8, 4) is 0 Å². The van der Waals surface area contributed by atoms with Crippen molar-refractivity contribution in [2.45, 2.75) is 75.3 Å². The van der Waals surface area contributed by atoms with Gasteiger partial charge in [0.1, 0.15) is 4.99 Å². The van der Waals surface area contributed by atoms with Gasteiger partial charge in [-0.2, -0.15) is 0 Å². The lowest BCUT2D eigenvalue weighted by Crippen LogP contribution is -2.34. The third kappa shape index (κ3) is 4.64. The van der Waals surface area contributed by atoms with E-state index in [4.69, 9.17) is 4.52 Å². The predicted molar refractivity (Wildman–Crippen MR) is 99.3 cm³/mol. The van der Waals surface area contributed by atoms with Crippen LogP contribution in [0.25, 0.3) is 0 Å². The molecule has 1 N–H and O–H groups in total. The maximum atomic E-state index is 12.8. The summed E-state index contributed by atoms with van der Waals surface area (Å²) in [5.41, 5.74) is 0. The van der Waals surface area contributed by atoms with Gasteiger partial charge in [-0.25, -0.2) is 0 Å². The van der Waals surface area contributed by atoms with E-state index < -0.39 is 7.60 Å². The minimum absolute atomic E-state index is 0.0210. The first kappa shape index (κ1) is 18.0. The molecule has 22 heavy (non-hydrogen) atoms. The van der Waals surface area contributed by atoms with Crippen molar-refractivity contribution in [1.29, 1.82) is 0 Å². The van der Waals surface area contributed by atoms with Crippen molar-refractivity contribution in [1.82, 2.24) is 0 Å². The zero-order valence-electron chi connectivity index (χ0n) is 13.0. The van der Waals surface area contributed by atoms with Crippen molar-refractivity contribution in [3.63, 3.8) is 0 Å². The average Bonchev–Trinajstić information content (AvgIpc) is 3.10. The molecule has 2 unspecified atom stereocenters. The van der Waals surface area contributed by atoms with E-state index in [2.05, 4.69) is 0 Å². The smallest absolute Gasteiger partial charge is 0.323 e. The number of hydrogen-bond acceptors (Lipinski definition) is 5. The Morgan fingerprint density at radius 1 is 0.955 bits per heavy atom. The second kappa shape index (κ2) is 8.53. The van der Waals surface area contributed by atoms with Crippen LogP contribution in [0, 0.1) is 11.8 Å². The van der Waals surface area contributed by atoms with Crippen molar-refractivity contribution in [2.75, 3.05) is 5.75 Å².